The molecule has 0 bridgehead atoms. The molecule has 0 saturated carbocycles. The van der Waals surface area contributed by atoms with Crippen LogP contribution in [0.25, 0.3) is 11.2 Å². The number of H-pyrrole nitrogens is 1. The highest BCUT2D eigenvalue weighted by atomic mass is 31.2. The van der Waals surface area contributed by atoms with Crippen molar-refractivity contribution in [1.82, 2.24) is 29.1 Å². The molecule has 3 aromatic rings. The van der Waals surface area contributed by atoms with Crippen molar-refractivity contribution >= 4 is 24.8 Å². The van der Waals surface area contributed by atoms with Crippen LogP contribution in [0.15, 0.2) is 28.4 Å². The van der Waals surface area contributed by atoms with Gasteiger partial charge in [-0.05, 0) is 0 Å². The van der Waals surface area contributed by atoms with Crippen LogP contribution >= 0.6 is 7.82 Å². The number of anilines is 1. The molecule has 37 heavy (non-hydrogen) atoms. The molecule has 2 aliphatic rings. The van der Waals surface area contributed by atoms with Crippen molar-refractivity contribution in [2.75, 3.05) is 18.9 Å². The second-order valence-corrected chi connectivity index (χ2v) is 9.82. The first-order valence-electron chi connectivity index (χ1n) is 11.1. The zero-order valence-corrected chi connectivity index (χ0v) is 19.9. The van der Waals surface area contributed by atoms with Crippen molar-refractivity contribution in [3.8, 4) is 0 Å². The first-order valence-corrected chi connectivity index (χ1v) is 12.6. The van der Waals surface area contributed by atoms with Crippen LogP contribution in [0.4, 0.5) is 5.82 Å². The van der Waals surface area contributed by atoms with Crippen LogP contribution in [-0.4, -0.2) is 81.8 Å². The van der Waals surface area contributed by atoms with Gasteiger partial charge < -0.3 is 30.3 Å². The molecule has 0 amide bonds. The van der Waals surface area contributed by atoms with E-state index in [-0.39, 0.29) is 18.7 Å². The van der Waals surface area contributed by atoms with Crippen molar-refractivity contribution in [2.24, 2.45) is 0 Å². The van der Waals surface area contributed by atoms with Crippen molar-refractivity contribution in [1.29, 1.82) is 0 Å². The molecule has 2 saturated heterocycles. The van der Waals surface area contributed by atoms with Crippen LogP contribution < -0.4 is 17.0 Å². The molecule has 1 unspecified atom stereocenters. The van der Waals surface area contributed by atoms with E-state index in [9.17, 15) is 29.3 Å². The molecule has 5 rings (SSSR count). The van der Waals surface area contributed by atoms with E-state index < -0.39 is 69.2 Å². The fourth-order valence-corrected chi connectivity index (χ4v) is 5.19. The van der Waals surface area contributed by atoms with Gasteiger partial charge in [0.1, 0.15) is 42.6 Å². The van der Waals surface area contributed by atoms with Crippen LogP contribution in [0.5, 0.6) is 0 Å². The number of hydrogen-bond donors (Lipinski definition) is 5. The van der Waals surface area contributed by atoms with E-state index in [1.807, 2.05) is 4.98 Å². The van der Waals surface area contributed by atoms with Crippen LogP contribution in [0, 0.1) is 6.07 Å². The lowest BCUT2D eigenvalue weighted by atomic mass is 10.2. The van der Waals surface area contributed by atoms with Gasteiger partial charge in [0.25, 0.3) is 5.56 Å². The number of aromatic amines is 1. The predicted molar refractivity (Wildman–Crippen MR) is 121 cm³/mol. The summed E-state index contributed by atoms with van der Waals surface area (Å²) in [5.74, 6) is 0.170. The molecule has 18 heteroatoms. The molecule has 1 radical (unpaired) electrons. The molecule has 3 aromatic heterocycles. The maximum absolute atomic E-state index is 12.7. The van der Waals surface area contributed by atoms with E-state index >= 15 is 0 Å². The average Bonchev–Trinajstić information content (AvgIpc) is 3.54. The van der Waals surface area contributed by atoms with Gasteiger partial charge in [-0.25, -0.2) is 24.3 Å². The third-order valence-electron chi connectivity index (χ3n) is 6.03. The van der Waals surface area contributed by atoms with E-state index in [2.05, 4.69) is 21.0 Å². The average molecular weight is 540 g/mol. The molecule has 2 aliphatic heterocycles. The minimum absolute atomic E-state index is 0.0396. The molecule has 7 atom stereocenters. The fraction of sp³-hybridized carbons (Fsp3) is 0.526. The highest BCUT2D eigenvalue weighted by molar-refractivity contribution is 7.47. The number of nitrogens with one attached hydrogen (secondary N) is 1. The summed E-state index contributed by atoms with van der Waals surface area (Å²) in [5, 5.41) is 20.0. The van der Waals surface area contributed by atoms with E-state index in [1.165, 1.54) is 12.7 Å². The number of nitrogens with two attached hydrogens (primary N) is 1. The summed E-state index contributed by atoms with van der Waals surface area (Å²) < 4.78 is 36.9. The van der Waals surface area contributed by atoms with Gasteiger partial charge in [-0.1, -0.05) is 0 Å². The third-order valence-corrected chi connectivity index (χ3v) is 7.04. The summed E-state index contributed by atoms with van der Waals surface area (Å²) in [7, 11) is -4.71. The largest absolute Gasteiger partial charge is 0.472 e. The van der Waals surface area contributed by atoms with Crippen LogP contribution in [0.3, 0.4) is 0 Å². The quantitative estimate of drug-likeness (QED) is 0.198. The molecule has 0 aromatic carbocycles. The standard InChI is InChI=1S/C19H23N7O10P/c20-17-16-18(22-7-21-17)26(8-23-16)15-4-10(11(5-27)34-15)36-37(31,32)33-6-12-9(28)3-14(35-12)25-2-1-13(29)24-19(25)30/h2,7-12,14-15,27-28H,3-6H2,(H,31,32)(H2,20,21,22)(H,24,29,30)/t9-,10-,11+,12+,14+,15+/m0/s1. The Bertz CT molecular complexity index is 1440. The zero-order valence-electron chi connectivity index (χ0n) is 19.0. The predicted octanol–water partition coefficient (Wildman–Crippen LogP) is -1.81. The summed E-state index contributed by atoms with van der Waals surface area (Å²) in [4.78, 5) is 47.6. The second-order valence-electron chi connectivity index (χ2n) is 8.41. The summed E-state index contributed by atoms with van der Waals surface area (Å²) in [6.45, 7) is -1.06. The van der Waals surface area contributed by atoms with Crippen molar-refractivity contribution < 1.29 is 38.2 Å². The van der Waals surface area contributed by atoms with E-state index in [4.69, 9.17) is 24.3 Å². The number of rotatable bonds is 8. The van der Waals surface area contributed by atoms with Crippen molar-refractivity contribution in [3.05, 3.63) is 45.8 Å². The Kier molecular flexibility index (Phi) is 6.95. The number of phosphoric ester groups is 1. The number of fused-ring (bicyclic) bond motifs is 1. The molecule has 199 valence electrons. The molecular formula is C19H23N7O10P. The Morgan fingerprint density at radius 2 is 1.95 bits per heavy atom. The number of nitrogens with zero attached hydrogens (tertiary/aromatic N) is 5. The fourth-order valence-electron chi connectivity index (χ4n) is 4.23. The topological polar surface area (TPSA) is 239 Å². The molecule has 0 aliphatic carbocycles. The Labute approximate surface area is 207 Å². The molecule has 2 fully saturated rings. The monoisotopic (exact) mass is 540 g/mol. The normalized spacial score (nSPS) is 29.6. The summed E-state index contributed by atoms with van der Waals surface area (Å²) in [6.07, 6.45) is -2.13. The number of phosphoric acid groups is 1. The van der Waals surface area contributed by atoms with Gasteiger partial charge in [-0.15, -0.1) is 0 Å². The van der Waals surface area contributed by atoms with Gasteiger partial charge in [-0.3, -0.25) is 28.0 Å². The van der Waals surface area contributed by atoms with Gasteiger partial charge >= 0.3 is 13.5 Å². The number of hydrogen-bond acceptors (Lipinski definition) is 13. The van der Waals surface area contributed by atoms with Gasteiger partial charge in [0.15, 0.2) is 11.5 Å². The number of aliphatic hydroxyl groups is 2. The smallest absolute Gasteiger partial charge is 0.394 e. The minimum Gasteiger partial charge on any atom is -0.394 e. The van der Waals surface area contributed by atoms with E-state index in [0.717, 1.165) is 10.8 Å². The Hall–Kier alpha value is -3.02. The number of imidazole rings is 1. The molecule has 5 heterocycles. The lowest BCUT2D eigenvalue weighted by Gasteiger charge is -2.21. The van der Waals surface area contributed by atoms with Crippen molar-refractivity contribution in [3.63, 3.8) is 0 Å². The van der Waals surface area contributed by atoms with Crippen LogP contribution in [0.2, 0.25) is 0 Å². The Morgan fingerprint density at radius 1 is 1.19 bits per heavy atom. The highest BCUT2D eigenvalue weighted by Gasteiger charge is 2.43. The second kappa shape index (κ2) is 10.0. The molecule has 17 nitrogen and oxygen atoms in total. The van der Waals surface area contributed by atoms with Crippen LogP contribution in [-0.2, 0) is 23.1 Å². The first-order chi connectivity index (χ1) is 17.6. The van der Waals surface area contributed by atoms with Gasteiger partial charge in [0.05, 0.1) is 31.7 Å². The third kappa shape index (κ3) is 5.21. The van der Waals surface area contributed by atoms with Gasteiger partial charge in [0, 0.05) is 19.0 Å². The minimum atomic E-state index is -4.71. The maximum Gasteiger partial charge on any atom is 0.472 e. The highest BCUT2D eigenvalue weighted by Crippen LogP contribution is 2.49. The van der Waals surface area contributed by atoms with Crippen molar-refractivity contribution in [2.45, 2.75) is 49.7 Å². The number of aliphatic hydroxyl groups excluding tert-OH is 2. The lowest BCUT2D eigenvalue weighted by molar-refractivity contribution is -0.0566. The summed E-state index contributed by atoms with van der Waals surface area (Å²) in [6, 6.07) is 2.28. The van der Waals surface area contributed by atoms with Gasteiger partial charge in [-0.2, -0.15) is 0 Å². The zero-order chi connectivity index (χ0) is 26.3. The molecular weight excluding hydrogens is 517 g/mol. The van der Waals surface area contributed by atoms with Gasteiger partial charge in [0.2, 0.25) is 0 Å². The van der Waals surface area contributed by atoms with E-state index in [1.54, 1.807) is 4.57 Å². The summed E-state index contributed by atoms with van der Waals surface area (Å²) >= 11 is 0. The summed E-state index contributed by atoms with van der Waals surface area (Å²) in [5.41, 5.74) is 5.05. The number of ether oxygens (including phenoxy) is 2. The number of nitrogen functional groups attached to an aromatic ring is 1. The SMILES string of the molecule is Nc1ncnc2c1ncn2[C@H]1C[C@H](OP(=O)(O)OC[C@H]2O[C@@H](n3c[c]c(=O)[nH]c3=O)C[C@@H]2O)[C@@H](CO)O1. The Morgan fingerprint density at radius 3 is 2.70 bits per heavy atom. The Balaban J connectivity index is 1.21. The van der Waals surface area contributed by atoms with E-state index in [0.29, 0.717) is 11.2 Å². The lowest BCUT2D eigenvalue weighted by Crippen LogP contribution is -2.32. The molecule has 6 N–H and O–H groups in total. The first kappa shape index (κ1) is 25.6. The number of aromatic nitrogens is 6. The molecule has 0 spiro atoms. The van der Waals surface area contributed by atoms with Crippen LogP contribution in [0.1, 0.15) is 25.3 Å². The maximum atomic E-state index is 12.7.